The van der Waals surface area contributed by atoms with Gasteiger partial charge in [-0.05, 0) is 67.3 Å². The minimum atomic E-state index is -5.39. The lowest BCUT2D eigenvalue weighted by atomic mass is 9.77. The second-order valence-corrected chi connectivity index (χ2v) is 8.19. The highest BCUT2D eigenvalue weighted by Gasteiger charge is 2.34. The Bertz CT molecular complexity index is 997. The van der Waals surface area contributed by atoms with E-state index in [1.807, 2.05) is 0 Å². The Labute approximate surface area is 186 Å². The smallest absolute Gasteiger partial charge is 0.399 e. The van der Waals surface area contributed by atoms with E-state index in [0.717, 1.165) is 50.7 Å². The van der Waals surface area contributed by atoms with E-state index in [0.29, 0.717) is 11.5 Å². The third kappa shape index (κ3) is 6.06. The summed E-state index contributed by atoms with van der Waals surface area (Å²) in [6.07, 6.45) is 0.596. The first-order chi connectivity index (χ1) is 15.5. The summed E-state index contributed by atoms with van der Waals surface area (Å²) in [6.45, 7) is 2.12. The molecule has 2 aromatic carbocycles. The summed E-state index contributed by atoms with van der Waals surface area (Å²) >= 11 is 0. The molecule has 33 heavy (non-hydrogen) atoms. The van der Waals surface area contributed by atoms with E-state index in [-0.39, 0.29) is 18.1 Å². The Kier molecular flexibility index (Phi) is 7.69. The van der Waals surface area contributed by atoms with Gasteiger partial charge in [-0.25, -0.2) is 22.0 Å². The normalized spacial score (nSPS) is 19.9. The van der Waals surface area contributed by atoms with Gasteiger partial charge in [-0.15, -0.1) is 13.2 Å². The Morgan fingerprint density at radius 3 is 2.00 bits per heavy atom. The molecule has 0 radical (unpaired) electrons. The molecule has 0 atom stereocenters. The van der Waals surface area contributed by atoms with Gasteiger partial charge in [0.15, 0.2) is 23.3 Å². The Morgan fingerprint density at radius 2 is 1.48 bits per heavy atom. The second-order valence-electron chi connectivity index (χ2n) is 8.19. The predicted molar refractivity (Wildman–Crippen MR) is 108 cm³/mol. The molecule has 0 bridgehead atoms. The Morgan fingerprint density at radius 1 is 0.879 bits per heavy atom. The lowest BCUT2D eigenvalue weighted by Gasteiger charge is -2.28. The average Bonchev–Trinajstić information content (AvgIpc) is 2.75. The van der Waals surface area contributed by atoms with Crippen molar-refractivity contribution < 1.29 is 39.9 Å². The number of halogens is 8. The van der Waals surface area contributed by atoms with Crippen LogP contribution in [0.3, 0.4) is 0 Å². The third-order valence-corrected chi connectivity index (χ3v) is 5.91. The van der Waals surface area contributed by atoms with Crippen molar-refractivity contribution in [2.45, 2.75) is 57.7 Å². The van der Waals surface area contributed by atoms with Crippen LogP contribution in [-0.4, -0.2) is 6.36 Å². The number of hydrogen-bond acceptors (Lipinski definition) is 1. The molecule has 0 N–H and O–H groups in total. The van der Waals surface area contributed by atoms with E-state index in [1.165, 1.54) is 6.07 Å². The summed E-state index contributed by atoms with van der Waals surface area (Å²) < 4.78 is 111. The second kappa shape index (κ2) is 10.1. The maximum Gasteiger partial charge on any atom is 0.573 e. The molecule has 0 heterocycles. The molecule has 9 heteroatoms. The topological polar surface area (TPSA) is 9.23 Å². The zero-order valence-electron chi connectivity index (χ0n) is 17.7. The van der Waals surface area contributed by atoms with E-state index in [4.69, 9.17) is 0 Å². The van der Waals surface area contributed by atoms with Gasteiger partial charge in [0.05, 0.1) is 0 Å². The standard InChI is InChI=1S/C24H22F8O/c1-2-3-13-4-6-14(7-5-13)15-8-9-17(18(25)10-15)22(29)21(28)16-11-19(26)23(20(27)12-16)33-24(30,31)32/h8-14H,2-7H2,1H3/b22-21+. The maximum atomic E-state index is 14.6. The highest BCUT2D eigenvalue weighted by molar-refractivity contribution is 5.83. The highest BCUT2D eigenvalue weighted by atomic mass is 19.4. The Hall–Kier alpha value is -2.58. The highest BCUT2D eigenvalue weighted by Crippen LogP contribution is 2.39. The van der Waals surface area contributed by atoms with Gasteiger partial charge in [-0.3, -0.25) is 0 Å². The van der Waals surface area contributed by atoms with Crippen LogP contribution in [0.15, 0.2) is 30.3 Å². The molecule has 0 amide bonds. The zero-order valence-corrected chi connectivity index (χ0v) is 17.7. The van der Waals surface area contributed by atoms with Gasteiger partial charge in [0.2, 0.25) is 5.75 Å². The van der Waals surface area contributed by atoms with Crippen LogP contribution >= 0.6 is 0 Å². The molecule has 1 fully saturated rings. The maximum absolute atomic E-state index is 14.6. The Balaban J connectivity index is 1.84. The van der Waals surface area contributed by atoms with E-state index >= 15 is 0 Å². The number of alkyl halides is 3. The molecular formula is C24H22F8O. The van der Waals surface area contributed by atoms with Crippen molar-refractivity contribution >= 4 is 11.7 Å². The zero-order chi connectivity index (χ0) is 24.3. The van der Waals surface area contributed by atoms with Gasteiger partial charge >= 0.3 is 6.36 Å². The van der Waals surface area contributed by atoms with E-state index in [2.05, 4.69) is 11.7 Å². The van der Waals surface area contributed by atoms with Gasteiger partial charge in [0.1, 0.15) is 5.82 Å². The largest absolute Gasteiger partial charge is 0.573 e. The van der Waals surface area contributed by atoms with E-state index in [9.17, 15) is 35.1 Å². The van der Waals surface area contributed by atoms with Crippen LogP contribution in [0.2, 0.25) is 0 Å². The first kappa shape index (κ1) is 25.1. The summed E-state index contributed by atoms with van der Waals surface area (Å²) in [7, 11) is 0. The quantitative estimate of drug-likeness (QED) is 0.298. The lowest BCUT2D eigenvalue weighted by Crippen LogP contribution is -2.19. The molecule has 1 saturated carbocycles. The molecule has 180 valence electrons. The molecular weight excluding hydrogens is 456 g/mol. The van der Waals surface area contributed by atoms with Crippen molar-refractivity contribution in [3.63, 3.8) is 0 Å². The fourth-order valence-electron chi connectivity index (χ4n) is 4.30. The third-order valence-electron chi connectivity index (χ3n) is 5.91. The number of benzene rings is 2. The van der Waals surface area contributed by atoms with Gasteiger partial charge in [-0.2, -0.15) is 0 Å². The minimum absolute atomic E-state index is 0.0999. The molecule has 2 aromatic rings. The van der Waals surface area contributed by atoms with Crippen molar-refractivity contribution in [2.24, 2.45) is 5.92 Å². The summed E-state index contributed by atoms with van der Waals surface area (Å²) in [5.74, 6) is -9.44. The summed E-state index contributed by atoms with van der Waals surface area (Å²) in [4.78, 5) is 0. The van der Waals surface area contributed by atoms with Crippen LogP contribution in [0.1, 0.15) is 68.1 Å². The first-order valence-electron chi connectivity index (χ1n) is 10.6. The summed E-state index contributed by atoms with van der Waals surface area (Å²) in [5, 5.41) is 0. The SMILES string of the molecule is CCCC1CCC(c2ccc(/C(F)=C(\F)c3cc(F)c(OC(F)(F)F)c(F)c3)c(F)c2)CC1. The predicted octanol–water partition coefficient (Wildman–Crippen LogP) is 8.84. The molecule has 0 aliphatic heterocycles. The summed E-state index contributed by atoms with van der Waals surface area (Å²) in [5.41, 5.74) is -1.13. The number of ether oxygens (including phenoxy) is 1. The fraction of sp³-hybridized carbons (Fsp3) is 0.417. The fourth-order valence-corrected chi connectivity index (χ4v) is 4.30. The molecule has 1 aliphatic carbocycles. The molecule has 0 saturated heterocycles. The van der Waals surface area contributed by atoms with Gasteiger partial charge < -0.3 is 4.74 Å². The molecule has 0 unspecified atom stereocenters. The monoisotopic (exact) mass is 478 g/mol. The van der Waals surface area contributed by atoms with Gasteiger partial charge in [-0.1, -0.05) is 25.8 Å². The number of hydrogen-bond donors (Lipinski definition) is 0. The van der Waals surface area contributed by atoms with Crippen molar-refractivity contribution in [1.29, 1.82) is 0 Å². The molecule has 1 aliphatic rings. The van der Waals surface area contributed by atoms with Crippen molar-refractivity contribution in [2.75, 3.05) is 0 Å². The average molecular weight is 478 g/mol. The van der Waals surface area contributed by atoms with Gasteiger partial charge in [0.25, 0.3) is 0 Å². The molecule has 0 spiro atoms. The van der Waals surface area contributed by atoms with Crippen molar-refractivity contribution in [1.82, 2.24) is 0 Å². The molecule has 1 nitrogen and oxygen atoms in total. The molecule has 3 rings (SSSR count). The van der Waals surface area contributed by atoms with Crippen LogP contribution in [0.25, 0.3) is 11.7 Å². The number of rotatable bonds is 6. The van der Waals surface area contributed by atoms with Crippen LogP contribution in [-0.2, 0) is 0 Å². The van der Waals surface area contributed by atoms with Gasteiger partial charge in [0, 0.05) is 11.1 Å². The summed E-state index contributed by atoms with van der Waals surface area (Å²) in [6, 6.07) is 3.93. The van der Waals surface area contributed by atoms with E-state index in [1.54, 1.807) is 0 Å². The van der Waals surface area contributed by atoms with Crippen LogP contribution in [0, 0.1) is 23.4 Å². The lowest BCUT2D eigenvalue weighted by molar-refractivity contribution is -0.276. The van der Waals surface area contributed by atoms with Crippen LogP contribution < -0.4 is 4.74 Å². The van der Waals surface area contributed by atoms with Crippen LogP contribution in [0.4, 0.5) is 35.1 Å². The minimum Gasteiger partial charge on any atom is -0.399 e. The first-order valence-corrected chi connectivity index (χ1v) is 10.6. The van der Waals surface area contributed by atoms with Crippen molar-refractivity contribution in [3.8, 4) is 5.75 Å². The molecule has 0 aromatic heterocycles. The van der Waals surface area contributed by atoms with Crippen LogP contribution in [0.5, 0.6) is 5.75 Å². The van der Waals surface area contributed by atoms with E-state index < -0.39 is 52.3 Å². The van der Waals surface area contributed by atoms with Crippen molar-refractivity contribution in [3.05, 3.63) is 64.5 Å².